The van der Waals surface area contributed by atoms with Crippen LogP contribution >= 0.6 is 0 Å². The second kappa shape index (κ2) is 3.58. The van der Waals surface area contributed by atoms with E-state index in [0.29, 0.717) is 0 Å². The van der Waals surface area contributed by atoms with Crippen LogP contribution in [0.1, 0.15) is 11.1 Å². The first-order valence-electron chi connectivity index (χ1n) is 4.62. The minimum atomic E-state index is 0.796. The van der Waals surface area contributed by atoms with Crippen LogP contribution in [0.2, 0.25) is 0 Å². The Hall–Kier alpha value is -1.70. The maximum atomic E-state index is 4.23. The van der Waals surface area contributed by atoms with Crippen LogP contribution in [0.25, 0.3) is 11.4 Å². The smallest absolute Gasteiger partial charge is 0.159 e. The Morgan fingerprint density at radius 2 is 1.71 bits per heavy atom. The number of nitrogens with zero attached hydrogens (tertiary/aromatic N) is 2. The third-order valence-corrected chi connectivity index (χ3v) is 2.19. The molecule has 0 unspecified atom stereocenters. The molecule has 0 spiro atoms. The minimum Gasteiger partial charge on any atom is -0.237 e. The van der Waals surface area contributed by atoms with Crippen LogP contribution in [0.15, 0.2) is 36.7 Å². The summed E-state index contributed by atoms with van der Waals surface area (Å²) < 4.78 is 0. The fourth-order valence-electron chi connectivity index (χ4n) is 1.50. The number of aryl methyl sites for hydroxylation is 2. The van der Waals surface area contributed by atoms with E-state index >= 15 is 0 Å². The van der Waals surface area contributed by atoms with Gasteiger partial charge in [0, 0.05) is 18.0 Å². The summed E-state index contributed by atoms with van der Waals surface area (Å²) in [5.74, 6) is 0.796. The molecular formula is C12H12N2. The molecule has 1 aromatic heterocycles. The molecule has 70 valence electrons. The minimum absolute atomic E-state index is 0.796. The largest absolute Gasteiger partial charge is 0.237 e. The topological polar surface area (TPSA) is 25.8 Å². The van der Waals surface area contributed by atoms with Crippen molar-refractivity contribution in [2.75, 3.05) is 0 Å². The highest BCUT2D eigenvalue weighted by molar-refractivity contribution is 5.60. The second-order valence-corrected chi connectivity index (χ2v) is 3.39. The van der Waals surface area contributed by atoms with Crippen LogP contribution in [-0.4, -0.2) is 9.97 Å². The van der Waals surface area contributed by atoms with E-state index in [4.69, 9.17) is 0 Å². The van der Waals surface area contributed by atoms with Crippen LogP contribution in [0, 0.1) is 13.8 Å². The maximum Gasteiger partial charge on any atom is 0.159 e. The van der Waals surface area contributed by atoms with E-state index in [9.17, 15) is 0 Å². The molecule has 2 rings (SSSR count). The second-order valence-electron chi connectivity index (χ2n) is 3.39. The zero-order chi connectivity index (χ0) is 9.97. The van der Waals surface area contributed by atoms with Crippen molar-refractivity contribution in [1.29, 1.82) is 0 Å². The Labute approximate surface area is 83.7 Å². The molecule has 0 radical (unpaired) electrons. The standard InChI is InChI=1S/C12H12N2/c1-9-4-5-11(10(2)8-9)12-13-6-3-7-14-12/h3-8H,1-2H3. The molecule has 0 aliphatic carbocycles. The molecule has 0 amide bonds. The van der Waals surface area contributed by atoms with Crippen LogP contribution < -0.4 is 0 Å². The lowest BCUT2D eigenvalue weighted by molar-refractivity contribution is 1.16. The van der Waals surface area contributed by atoms with Gasteiger partial charge in [-0.1, -0.05) is 23.8 Å². The van der Waals surface area contributed by atoms with Crippen LogP contribution in [0.4, 0.5) is 0 Å². The Bertz CT molecular complexity index is 435. The van der Waals surface area contributed by atoms with Gasteiger partial charge in [-0.25, -0.2) is 9.97 Å². The van der Waals surface area contributed by atoms with Gasteiger partial charge in [0.1, 0.15) is 0 Å². The molecule has 2 heteroatoms. The van der Waals surface area contributed by atoms with Crippen molar-refractivity contribution in [1.82, 2.24) is 9.97 Å². The molecule has 0 saturated carbocycles. The van der Waals surface area contributed by atoms with Crippen molar-refractivity contribution in [3.05, 3.63) is 47.8 Å². The van der Waals surface area contributed by atoms with Crippen molar-refractivity contribution >= 4 is 0 Å². The average Bonchev–Trinajstić information content (AvgIpc) is 2.19. The molecule has 0 saturated heterocycles. The fraction of sp³-hybridized carbons (Fsp3) is 0.167. The number of aromatic nitrogens is 2. The zero-order valence-electron chi connectivity index (χ0n) is 8.36. The Kier molecular flexibility index (Phi) is 2.27. The van der Waals surface area contributed by atoms with Crippen molar-refractivity contribution < 1.29 is 0 Å². The molecule has 0 aliphatic rings. The van der Waals surface area contributed by atoms with Crippen LogP contribution in [0.5, 0.6) is 0 Å². The van der Waals surface area contributed by atoms with Crippen molar-refractivity contribution in [2.24, 2.45) is 0 Å². The molecule has 0 atom stereocenters. The predicted molar refractivity (Wildman–Crippen MR) is 56.9 cm³/mol. The van der Waals surface area contributed by atoms with Gasteiger partial charge in [0.15, 0.2) is 5.82 Å². The van der Waals surface area contributed by atoms with Crippen molar-refractivity contribution in [3.63, 3.8) is 0 Å². The lowest BCUT2D eigenvalue weighted by Gasteiger charge is -2.04. The van der Waals surface area contributed by atoms with Crippen LogP contribution in [-0.2, 0) is 0 Å². The third-order valence-electron chi connectivity index (χ3n) is 2.19. The normalized spacial score (nSPS) is 10.1. The summed E-state index contributed by atoms with van der Waals surface area (Å²) in [5.41, 5.74) is 3.59. The molecule has 0 fully saturated rings. The Morgan fingerprint density at radius 1 is 1.00 bits per heavy atom. The quantitative estimate of drug-likeness (QED) is 0.681. The summed E-state index contributed by atoms with van der Waals surface area (Å²) in [6, 6.07) is 8.12. The molecule has 1 aromatic carbocycles. The van der Waals surface area contributed by atoms with E-state index in [1.165, 1.54) is 11.1 Å². The van der Waals surface area contributed by atoms with E-state index < -0.39 is 0 Å². The monoisotopic (exact) mass is 184 g/mol. The molecule has 0 bridgehead atoms. The summed E-state index contributed by atoms with van der Waals surface area (Å²) in [6.45, 7) is 4.17. The number of hydrogen-bond donors (Lipinski definition) is 0. The van der Waals surface area contributed by atoms with Gasteiger partial charge in [-0.05, 0) is 25.5 Å². The summed E-state index contributed by atoms with van der Waals surface area (Å²) >= 11 is 0. The first kappa shape index (κ1) is 8.88. The van der Waals surface area contributed by atoms with E-state index in [0.717, 1.165) is 11.4 Å². The van der Waals surface area contributed by atoms with Gasteiger partial charge in [0.2, 0.25) is 0 Å². The number of hydrogen-bond acceptors (Lipinski definition) is 2. The Morgan fingerprint density at radius 3 is 2.36 bits per heavy atom. The predicted octanol–water partition coefficient (Wildman–Crippen LogP) is 2.76. The van der Waals surface area contributed by atoms with Gasteiger partial charge in [0.05, 0.1) is 0 Å². The van der Waals surface area contributed by atoms with Gasteiger partial charge in [-0.3, -0.25) is 0 Å². The van der Waals surface area contributed by atoms with Gasteiger partial charge in [-0.15, -0.1) is 0 Å². The van der Waals surface area contributed by atoms with E-state index in [1.54, 1.807) is 12.4 Å². The van der Waals surface area contributed by atoms with Crippen LogP contribution in [0.3, 0.4) is 0 Å². The molecule has 1 heterocycles. The lowest BCUT2D eigenvalue weighted by Crippen LogP contribution is -1.90. The molecule has 0 aliphatic heterocycles. The van der Waals surface area contributed by atoms with Crippen molar-refractivity contribution in [2.45, 2.75) is 13.8 Å². The first-order valence-corrected chi connectivity index (χ1v) is 4.62. The van der Waals surface area contributed by atoms with E-state index in [2.05, 4.69) is 42.0 Å². The molecular weight excluding hydrogens is 172 g/mol. The molecule has 2 nitrogen and oxygen atoms in total. The maximum absolute atomic E-state index is 4.23. The lowest BCUT2D eigenvalue weighted by atomic mass is 10.1. The van der Waals surface area contributed by atoms with Gasteiger partial charge < -0.3 is 0 Å². The molecule has 2 aromatic rings. The summed E-state index contributed by atoms with van der Waals surface area (Å²) in [6.07, 6.45) is 3.53. The Balaban J connectivity index is 2.53. The van der Waals surface area contributed by atoms with Crippen molar-refractivity contribution in [3.8, 4) is 11.4 Å². The summed E-state index contributed by atoms with van der Waals surface area (Å²) in [4.78, 5) is 8.46. The average molecular weight is 184 g/mol. The van der Waals surface area contributed by atoms with E-state index in [-0.39, 0.29) is 0 Å². The highest BCUT2D eigenvalue weighted by Crippen LogP contribution is 2.19. The number of benzene rings is 1. The summed E-state index contributed by atoms with van der Waals surface area (Å²) in [7, 11) is 0. The molecule has 14 heavy (non-hydrogen) atoms. The highest BCUT2D eigenvalue weighted by atomic mass is 14.8. The number of rotatable bonds is 1. The SMILES string of the molecule is Cc1ccc(-c2ncccn2)c(C)c1. The summed E-state index contributed by atoms with van der Waals surface area (Å²) in [5, 5.41) is 0. The molecule has 0 N–H and O–H groups in total. The third kappa shape index (κ3) is 1.64. The highest BCUT2D eigenvalue weighted by Gasteiger charge is 2.02. The van der Waals surface area contributed by atoms with E-state index in [1.807, 2.05) is 6.07 Å². The van der Waals surface area contributed by atoms with Gasteiger partial charge in [0.25, 0.3) is 0 Å². The van der Waals surface area contributed by atoms with Gasteiger partial charge >= 0.3 is 0 Å². The fourth-order valence-corrected chi connectivity index (χ4v) is 1.50. The first-order chi connectivity index (χ1) is 6.77. The van der Waals surface area contributed by atoms with Gasteiger partial charge in [-0.2, -0.15) is 0 Å². The zero-order valence-corrected chi connectivity index (χ0v) is 8.36.